The summed E-state index contributed by atoms with van der Waals surface area (Å²) in [6.45, 7) is 0.887. The number of halogens is 3. The second-order valence-corrected chi connectivity index (χ2v) is 8.11. The lowest BCUT2D eigenvalue weighted by Crippen LogP contribution is -2.55. The van der Waals surface area contributed by atoms with Crippen LogP contribution in [0.4, 0.5) is 13.2 Å². The molecule has 5 rings (SSSR count). The molecule has 3 aromatic rings. The van der Waals surface area contributed by atoms with E-state index < -0.39 is 6.36 Å². The molecule has 1 amide bonds. The number of alkyl halides is 3. The minimum absolute atomic E-state index is 0.100. The molecule has 1 aliphatic carbocycles. The number of fused-ring (bicyclic) bond motifs is 1. The molecule has 32 heavy (non-hydrogen) atoms. The Morgan fingerprint density at radius 2 is 1.69 bits per heavy atom. The van der Waals surface area contributed by atoms with Crippen molar-refractivity contribution >= 4 is 16.9 Å². The number of hydrogen-bond acceptors (Lipinski definition) is 5. The largest absolute Gasteiger partial charge is 0.573 e. The molecule has 2 aromatic heterocycles. The number of carbonyl (C=O) groups is 1. The number of nitrogens with zero attached hydrogens (tertiary/aromatic N) is 4. The van der Waals surface area contributed by atoms with Gasteiger partial charge in [-0.3, -0.25) is 14.6 Å². The summed E-state index contributed by atoms with van der Waals surface area (Å²) in [6.07, 6.45) is 2.67. The molecule has 0 spiro atoms. The van der Waals surface area contributed by atoms with Crippen LogP contribution in [0.5, 0.6) is 5.75 Å². The first-order valence-electron chi connectivity index (χ1n) is 10.3. The molecule has 3 heterocycles. The molecule has 10 heteroatoms. The zero-order valence-corrected chi connectivity index (χ0v) is 16.9. The number of pyridine rings is 1. The summed E-state index contributed by atoms with van der Waals surface area (Å²) < 4.78 is 42.9. The van der Waals surface area contributed by atoms with Gasteiger partial charge >= 0.3 is 6.36 Å². The molecule has 0 radical (unpaired) electrons. The lowest BCUT2D eigenvalue weighted by molar-refractivity contribution is -0.274. The molecule has 0 bridgehead atoms. The van der Waals surface area contributed by atoms with Gasteiger partial charge in [0.1, 0.15) is 11.3 Å². The quantitative estimate of drug-likeness (QED) is 0.615. The summed E-state index contributed by atoms with van der Waals surface area (Å²) in [5.74, 6) is -0.0983. The number of benzene rings is 1. The Kier molecular flexibility index (Phi) is 4.87. The number of ether oxygens (including phenoxy) is 1. The predicted octanol–water partition coefficient (Wildman–Crippen LogP) is 3.54. The van der Waals surface area contributed by atoms with E-state index in [-0.39, 0.29) is 34.7 Å². The van der Waals surface area contributed by atoms with Crippen LogP contribution in [0.2, 0.25) is 0 Å². The maximum Gasteiger partial charge on any atom is 0.573 e. The molecular formula is C22H19F3N4O3. The molecular weight excluding hydrogens is 425 g/mol. The Balaban J connectivity index is 1.48. The number of aromatic nitrogens is 3. The lowest BCUT2D eigenvalue weighted by atomic mass is 9.83. The summed E-state index contributed by atoms with van der Waals surface area (Å²) in [4.78, 5) is 35.7. The normalized spacial score (nSPS) is 17.2. The summed E-state index contributed by atoms with van der Waals surface area (Å²) >= 11 is 0. The highest BCUT2D eigenvalue weighted by molar-refractivity contribution is 5.90. The van der Waals surface area contributed by atoms with Crippen molar-refractivity contribution in [3.8, 4) is 16.9 Å². The van der Waals surface area contributed by atoms with E-state index in [9.17, 15) is 22.8 Å². The topological polar surface area (TPSA) is 77.3 Å². The summed E-state index contributed by atoms with van der Waals surface area (Å²) in [5.41, 5.74) is 1.36. The molecule has 1 aliphatic heterocycles. The van der Waals surface area contributed by atoms with Crippen molar-refractivity contribution in [3.05, 3.63) is 53.2 Å². The van der Waals surface area contributed by atoms with Crippen molar-refractivity contribution in [1.82, 2.24) is 19.4 Å². The van der Waals surface area contributed by atoms with Gasteiger partial charge in [-0.1, -0.05) is 18.6 Å². The third kappa shape index (κ3) is 3.69. The summed E-state index contributed by atoms with van der Waals surface area (Å²) in [7, 11) is 0. The van der Waals surface area contributed by atoms with E-state index in [0.717, 1.165) is 19.3 Å². The highest BCUT2D eigenvalue weighted by Crippen LogP contribution is 2.33. The van der Waals surface area contributed by atoms with Crippen molar-refractivity contribution < 1.29 is 22.7 Å². The van der Waals surface area contributed by atoms with Gasteiger partial charge in [-0.2, -0.15) is 0 Å². The van der Waals surface area contributed by atoms with Crippen LogP contribution in [0.15, 0.2) is 47.7 Å². The van der Waals surface area contributed by atoms with Gasteiger partial charge < -0.3 is 14.2 Å². The summed E-state index contributed by atoms with van der Waals surface area (Å²) in [6, 6.07) is 5.19. The Morgan fingerprint density at radius 1 is 1.03 bits per heavy atom. The predicted molar refractivity (Wildman–Crippen MR) is 109 cm³/mol. The Hall–Kier alpha value is -3.43. The number of hydrogen-bond donors (Lipinski definition) is 0. The number of amides is 1. The standard InChI is InChI=1S/C22H19F3N4O3/c23-22(24,25)32-16-6-4-13(5-7-16)17-12-29(21(31)19-18(17)26-8-9-27-19)15-10-28(11-15)20(30)14-2-1-3-14/h4-9,12,14-15H,1-3,10-11H2. The molecule has 7 nitrogen and oxygen atoms in total. The van der Waals surface area contributed by atoms with Gasteiger partial charge in [0.2, 0.25) is 5.91 Å². The minimum Gasteiger partial charge on any atom is -0.406 e. The van der Waals surface area contributed by atoms with Crippen molar-refractivity contribution in [1.29, 1.82) is 0 Å². The van der Waals surface area contributed by atoms with E-state index in [1.807, 2.05) is 0 Å². The van der Waals surface area contributed by atoms with Crippen molar-refractivity contribution in [2.24, 2.45) is 5.92 Å². The monoisotopic (exact) mass is 444 g/mol. The van der Waals surface area contributed by atoms with Crippen molar-refractivity contribution in [2.75, 3.05) is 13.1 Å². The molecule has 1 saturated carbocycles. The van der Waals surface area contributed by atoms with Gasteiger partial charge in [-0.25, -0.2) is 4.98 Å². The fraction of sp³-hybridized carbons (Fsp3) is 0.364. The molecule has 0 atom stereocenters. The second kappa shape index (κ2) is 7.61. The molecule has 1 aromatic carbocycles. The maximum atomic E-state index is 13.0. The third-order valence-electron chi connectivity index (χ3n) is 6.08. The Labute approximate surface area is 180 Å². The van der Waals surface area contributed by atoms with Crippen LogP contribution in [0.25, 0.3) is 22.2 Å². The van der Waals surface area contributed by atoms with Gasteiger partial charge in [0.25, 0.3) is 5.56 Å². The molecule has 2 fully saturated rings. The van der Waals surface area contributed by atoms with Crippen LogP contribution >= 0.6 is 0 Å². The van der Waals surface area contributed by atoms with Gasteiger partial charge in [0.15, 0.2) is 5.52 Å². The second-order valence-electron chi connectivity index (χ2n) is 8.11. The molecule has 166 valence electrons. The van der Waals surface area contributed by atoms with Gasteiger partial charge in [-0.05, 0) is 30.5 Å². The fourth-order valence-electron chi connectivity index (χ4n) is 4.12. The smallest absolute Gasteiger partial charge is 0.406 e. The minimum atomic E-state index is -4.78. The van der Waals surface area contributed by atoms with Gasteiger partial charge in [0, 0.05) is 43.2 Å². The van der Waals surface area contributed by atoms with E-state index in [1.54, 1.807) is 15.7 Å². The summed E-state index contributed by atoms with van der Waals surface area (Å²) in [5, 5.41) is 0. The zero-order valence-electron chi connectivity index (χ0n) is 16.9. The van der Waals surface area contributed by atoms with Crippen LogP contribution in [-0.4, -0.2) is 44.8 Å². The van der Waals surface area contributed by atoms with Crippen LogP contribution in [0.3, 0.4) is 0 Å². The van der Waals surface area contributed by atoms with Gasteiger partial charge in [0.05, 0.1) is 6.04 Å². The number of rotatable bonds is 4. The lowest BCUT2D eigenvalue weighted by Gasteiger charge is -2.43. The highest BCUT2D eigenvalue weighted by atomic mass is 19.4. The molecule has 0 unspecified atom stereocenters. The van der Waals surface area contributed by atoms with Crippen LogP contribution < -0.4 is 10.3 Å². The van der Waals surface area contributed by atoms with E-state index in [0.29, 0.717) is 29.7 Å². The Morgan fingerprint density at radius 3 is 2.28 bits per heavy atom. The van der Waals surface area contributed by atoms with E-state index >= 15 is 0 Å². The van der Waals surface area contributed by atoms with Crippen molar-refractivity contribution in [3.63, 3.8) is 0 Å². The maximum absolute atomic E-state index is 13.0. The van der Waals surface area contributed by atoms with E-state index in [2.05, 4.69) is 14.7 Å². The first kappa shape index (κ1) is 20.5. The van der Waals surface area contributed by atoms with Crippen LogP contribution in [0, 0.1) is 5.92 Å². The molecule has 2 aliphatic rings. The fourth-order valence-corrected chi connectivity index (χ4v) is 4.12. The van der Waals surface area contributed by atoms with E-state index in [4.69, 9.17) is 0 Å². The first-order valence-corrected chi connectivity index (χ1v) is 10.3. The van der Waals surface area contributed by atoms with Crippen LogP contribution in [-0.2, 0) is 4.79 Å². The SMILES string of the molecule is O=C(C1CCC1)N1CC(n2cc(-c3ccc(OC(F)(F)F)cc3)c3nccnc3c2=O)C1. The third-order valence-corrected chi connectivity index (χ3v) is 6.08. The average Bonchev–Trinajstić information content (AvgIpc) is 2.67. The van der Waals surface area contributed by atoms with Crippen molar-refractivity contribution in [2.45, 2.75) is 31.7 Å². The average molecular weight is 444 g/mol. The van der Waals surface area contributed by atoms with E-state index in [1.165, 1.54) is 36.7 Å². The highest BCUT2D eigenvalue weighted by Gasteiger charge is 2.38. The first-order chi connectivity index (χ1) is 15.3. The van der Waals surface area contributed by atoms with Gasteiger partial charge in [-0.15, -0.1) is 13.2 Å². The molecule has 1 saturated heterocycles. The number of likely N-dealkylation sites (tertiary alicyclic amines) is 1. The Bertz CT molecular complexity index is 1230. The zero-order chi connectivity index (χ0) is 22.5. The number of carbonyl (C=O) groups excluding carboxylic acids is 1. The van der Waals surface area contributed by atoms with Crippen LogP contribution in [0.1, 0.15) is 25.3 Å². The molecule has 0 N–H and O–H groups in total.